The van der Waals surface area contributed by atoms with Crippen LogP contribution >= 0.6 is 23.2 Å². The fourth-order valence-corrected chi connectivity index (χ4v) is 2.74. The Balaban J connectivity index is 2.05. The van der Waals surface area contributed by atoms with Crippen LogP contribution in [-0.4, -0.2) is 18.4 Å². The number of benzene rings is 2. The third-order valence-electron chi connectivity index (χ3n) is 3.95. The predicted octanol–water partition coefficient (Wildman–Crippen LogP) is 4.99. The highest BCUT2D eigenvalue weighted by molar-refractivity contribution is 6.32. The molecule has 0 unspecified atom stereocenters. The van der Waals surface area contributed by atoms with Gasteiger partial charge < -0.3 is 10.2 Å². The van der Waals surface area contributed by atoms with Crippen LogP contribution in [0.5, 0.6) is 0 Å². The number of hydrogen-bond acceptors (Lipinski definition) is 2. The van der Waals surface area contributed by atoms with Crippen molar-refractivity contribution < 1.29 is 9.59 Å². The van der Waals surface area contributed by atoms with E-state index in [4.69, 9.17) is 23.2 Å². The molecule has 0 atom stereocenters. The maximum Gasteiger partial charge on any atom is 0.226 e. The zero-order valence-electron chi connectivity index (χ0n) is 14.4. The van der Waals surface area contributed by atoms with Crippen LogP contribution in [0.4, 0.5) is 11.4 Å². The van der Waals surface area contributed by atoms with Crippen LogP contribution < -0.4 is 10.2 Å². The molecule has 2 aromatic rings. The van der Waals surface area contributed by atoms with E-state index in [1.165, 1.54) is 11.8 Å². The van der Waals surface area contributed by atoms with E-state index in [1.54, 1.807) is 24.3 Å². The van der Waals surface area contributed by atoms with Gasteiger partial charge in [-0.15, -0.1) is 0 Å². The zero-order chi connectivity index (χ0) is 18.6. The van der Waals surface area contributed by atoms with Crippen molar-refractivity contribution in [2.45, 2.75) is 27.2 Å². The van der Waals surface area contributed by atoms with Crippen molar-refractivity contribution in [3.05, 3.63) is 57.6 Å². The van der Waals surface area contributed by atoms with Crippen LogP contribution in [0.1, 0.15) is 24.5 Å². The van der Waals surface area contributed by atoms with Crippen LogP contribution in [0.25, 0.3) is 0 Å². The van der Waals surface area contributed by atoms with Gasteiger partial charge in [-0.25, -0.2) is 0 Å². The lowest BCUT2D eigenvalue weighted by Gasteiger charge is -2.21. The molecule has 0 aromatic heterocycles. The summed E-state index contributed by atoms with van der Waals surface area (Å²) in [5.74, 6) is -0.332. The Bertz CT molecular complexity index is 806. The SMILES string of the molecule is CC(=O)N(CCC(=O)Nc1cccc(Cl)c1C)c1ccc(C)c(Cl)c1. The minimum Gasteiger partial charge on any atom is -0.326 e. The average molecular weight is 379 g/mol. The fraction of sp³-hybridized carbons (Fsp3) is 0.263. The standard InChI is InChI=1S/C19H20Cl2N2O2/c1-12-7-8-15(11-17(12)21)23(14(3)24)10-9-19(25)22-18-6-4-5-16(20)13(18)2/h4-8,11H,9-10H2,1-3H3,(H,22,25). The number of halogens is 2. The van der Waals surface area contributed by atoms with Gasteiger partial charge in [-0.05, 0) is 49.2 Å². The van der Waals surface area contributed by atoms with Crippen LogP contribution in [0, 0.1) is 13.8 Å². The molecule has 0 heterocycles. The number of carbonyl (C=O) groups excluding carboxylic acids is 2. The number of rotatable bonds is 5. The molecule has 6 heteroatoms. The van der Waals surface area contributed by atoms with E-state index in [2.05, 4.69) is 5.32 Å². The quantitative estimate of drug-likeness (QED) is 0.796. The molecule has 4 nitrogen and oxygen atoms in total. The van der Waals surface area contributed by atoms with Crippen LogP contribution in [0.2, 0.25) is 10.0 Å². The van der Waals surface area contributed by atoms with Gasteiger partial charge in [0.05, 0.1) is 0 Å². The first-order valence-electron chi connectivity index (χ1n) is 7.89. The van der Waals surface area contributed by atoms with Gasteiger partial charge in [0.2, 0.25) is 11.8 Å². The molecule has 2 amide bonds. The minimum absolute atomic E-state index is 0.147. The van der Waals surface area contributed by atoms with Crippen molar-refractivity contribution in [3.8, 4) is 0 Å². The Morgan fingerprint density at radius 2 is 1.80 bits per heavy atom. The molecule has 0 fully saturated rings. The molecule has 25 heavy (non-hydrogen) atoms. The number of amides is 2. The fourth-order valence-electron chi connectivity index (χ4n) is 2.39. The summed E-state index contributed by atoms with van der Waals surface area (Å²) >= 11 is 12.2. The summed E-state index contributed by atoms with van der Waals surface area (Å²) in [5, 5.41) is 4.01. The molecule has 0 saturated heterocycles. The van der Waals surface area contributed by atoms with Crippen molar-refractivity contribution >= 4 is 46.4 Å². The first-order valence-corrected chi connectivity index (χ1v) is 8.64. The summed E-state index contributed by atoms with van der Waals surface area (Å²) in [6, 6.07) is 10.7. The summed E-state index contributed by atoms with van der Waals surface area (Å²) < 4.78 is 0. The highest BCUT2D eigenvalue weighted by Crippen LogP contribution is 2.25. The molecular weight excluding hydrogens is 359 g/mol. The second kappa shape index (κ2) is 8.37. The Hall–Kier alpha value is -2.04. The molecule has 1 N–H and O–H groups in total. The van der Waals surface area contributed by atoms with E-state index in [1.807, 2.05) is 26.0 Å². The van der Waals surface area contributed by atoms with E-state index in [9.17, 15) is 9.59 Å². The average Bonchev–Trinajstić information content (AvgIpc) is 2.55. The zero-order valence-corrected chi connectivity index (χ0v) is 15.9. The van der Waals surface area contributed by atoms with Gasteiger partial charge in [-0.3, -0.25) is 9.59 Å². The third kappa shape index (κ3) is 4.97. The van der Waals surface area contributed by atoms with Gasteiger partial charge in [0.25, 0.3) is 0 Å². The van der Waals surface area contributed by atoms with E-state index in [0.29, 0.717) is 21.4 Å². The largest absolute Gasteiger partial charge is 0.326 e. The van der Waals surface area contributed by atoms with Gasteiger partial charge in [0.1, 0.15) is 0 Å². The molecule has 132 valence electrons. The minimum atomic E-state index is -0.185. The number of nitrogens with one attached hydrogen (secondary N) is 1. The Kier molecular flexibility index (Phi) is 6.45. The van der Waals surface area contributed by atoms with Crippen molar-refractivity contribution in [1.82, 2.24) is 0 Å². The lowest BCUT2D eigenvalue weighted by molar-refractivity contribution is -0.117. The van der Waals surface area contributed by atoms with Crippen molar-refractivity contribution in [2.75, 3.05) is 16.8 Å². The second-order valence-corrected chi connectivity index (χ2v) is 6.63. The molecule has 0 spiro atoms. The monoisotopic (exact) mass is 378 g/mol. The van der Waals surface area contributed by atoms with Crippen molar-refractivity contribution in [3.63, 3.8) is 0 Å². The summed E-state index contributed by atoms with van der Waals surface area (Å²) in [5.41, 5.74) is 3.09. The van der Waals surface area contributed by atoms with Gasteiger partial charge in [-0.2, -0.15) is 0 Å². The van der Waals surface area contributed by atoms with E-state index >= 15 is 0 Å². The molecule has 0 bridgehead atoms. The first-order chi connectivity index (χ1) is 11.8. The number of nitrogens with zero attached hydrogens (tertiary/aromatic N) is 1. The normalized spacial score (nSPS) is 10.4. The highest BCUT2D eigenvalue weighted by atomic mass is 35.5. The molecule has 0 saturated carbocycles. The maximum absolute atomic E-state index is 12.2. The van der Waals surface area contributed by atoms with Gasteiger partial charge >= 0.3 is 0 Å². The summed E-state index contributed by atoms with van der Waals surface area (Å²) in [6.07, 6.45) is 0.164. The molecule has 2 rings (SSSR count). The molecule has 0 radical (unpaired) electrons. The Morgan fingerprint density at radius 1 is 1.08 bits per heavy atom. The van der Waals surface area contributed by atoms with E-state index < -0.39 is 0 Å². The molecule has 0 aliphatic carbocycles. The molecule has 2 aromatic carbocycles. The number of hydrogen-bond donors (Lipinski definition) is 1. The summed E-state index contributed by atoms with van der Waals surface area (Å²) in [4.78, 5) is 25.7. The van der Waals surface area contributed by atoms with E-state index in [0.717, 1.165) is 11.1 Å². The van der Waals surface area contributed by atoms with Crippen molar-refractivity contribution in [1.29, 1.82) is 0 Å². The summed E-state index contributed by atoms with van der Waals surface area (Å²) in [6.45, 7) is 5.46. The van der Waals surface area contributed by atoms with Crippen LogP contribution in [0.3, 0.4) is 0 Å². The van der Waals surface area contributed by atoms with Crippen LogP contribution in [0.15, 0.2) is 36.4 Å². The molecular formula is C19H20Cl2N2O2. The van der Waals surface area contributed by atoms with Crippen LogP contribution in [-0.2, 0) is 9.59 Å². The van der Waals surface area contributed by atoms with Gasteiger partial charge in [-0.1, -0.05) is 35.3 Å². The molecule has 0 aliphatic rings. The van der Waals surface area contributed by atoms with Gasteiger partial charge in [0.15, 0.2) is 0 Å². The smallest absolute Gasteiger partial charge is 0.226 e. The molecule has 0 aliphatic heterocycles. The summed E-state index contributed by atoms with van der Waals surface area (Å²) in [7, 11) is 0. The number of aryl methyl sites for hydroxylation is 1. The Labute approximate surface area is 157 Å². The Morgan fingerprint density at radius 3 is 2.44 bits per heavy atom. The lowest BCUT2D eigenvalue weighted by atomic mass is 10.2. The third-order valence-corrected chi connectivity index (χ3v) is 4.77. The predicted molar refractivity (Wildman–Crippen MR) is 104 cm³/mol. The number of carbonyl (C=O) groups is 2. The topological polar surface area (TPSA) is 49.4 Å². The van der Waals surface area contributed by atoms with E-state index in [-0.39, 0.29) is 24.8 Å². The highest BCUT2D eigenvalue weighted by Gasteiger charge is 2.15. The maximum atomic E-state index is 12.2. The second-order valence-electron chi connectivity index (χ2n) is 5.81. The van der Waals surface area contributed by atoms with Gasteiger partial charge in [0, 0.05) is 41.3 Å². The van der Waals surface area contributed by atoms with Crippen molar-refractivity contribution in [2.24, 2.45) is 0 Å². The lowest BCUT2D eigenvalue weighted by Crippen LogP contribution is -2.32. The first kappa shape index (κ1) is 19.3. The number of anilines is 2.